The van der Waals surface area contributed by atoms with E-state index in [1.165, 1.54) is 18.0 Å². The number of rotatable bonds is 4. The van der Waals surface area contributed by atoms with Crippen molar-refractivity contribution in [1.82, 2.24) is 9.97 Å². The quantitative estimate of drug-likeness (QED) is 0.681. The first kappa shape index (κ1) is 13.1. The van der Waals surface area contributed by atoms with E-state index in [2.05, 4.69) is 9.97 Å². The molecule has 0 aliphatic rings. The van der Waals surface area contributed by atoms with Crippen molar-refractivity contribution in [2.24, 2.45) is 0 Å². The zero-order valence-electron chi connectivity index (χ0n) is 10.2. The van der Waals surface area contributed by atoms with Gasteiger partial charge in [-0.3, -0.25) is 0 Å². The van der Waals surface area contributed by atoms with E-state index in [1.807, 2.05) is 48.6 Å². The molecule has 2 N–H and O–H groups in total. The van der Waals surface area contributed by atoms with Gasteiger partial charge >= 0.3 is 0 Å². The van der Waals surface area contributed by atoms with Crippen molar-refractivity contribution in [1.29, 1.82) is 5.26 Å². The van der Waals surface area contributed by atoms with Gasteiger partial charge in [-0.1, -0.05) is 54.2 Å². The third kappa shape index (κ3) is 3.83. The molecule has 0 aliphatic heterocycles. The Morgan fingerprint density at radius 1 is 1.32 bits per heavy atom. The summed E-state index contributed by atoms with van der Waals surface area (Å²) < 4.78 is 0. The van der Waals surface area contributed by atoms with Gasteiger partial charge in [0.15, 0.2) is 5.16 Å². The number of thioether (sulfide) groups is 1. The molecule has 0 saturated heterocycles. The van der Waals surface area contributed by atoms with Gasteiger partial charge in [0.25, 0.3) is 0 Å². The number of hydrogen-bond donors (Lipinski definition) is 1. The third-order valence-corrected chi connectivity index (χ3v) is 3.15. The van der Waals surface area contributed by atoms with Crippen LogP contribution in [0.5, 0.6) is 0 Å². The van der Waals surface area contributed by atoms with E-state index >= 15 is 0 Å². The summed E-state index contributed by atoms with van der Waals surface area (Å²) in [5, 5.41) is 9.30. The number of nitrogens with zero attached hydrogens (tertiary/aromatic N) is 3. The Morgan fingerprint density at radius 3 is 2.79 bits per heavy atom. The van der Waals surface area contributed by atoms with E-state index in [0.717, 1.165) is 11.3 Å². The summed E-state index contributed by atoms with van der Waals surface area (Å²) in [6, 6.07) is 12.0. The molecule has 0 spiro atoms. The molecule has 0 unspecified atom stereocenters. The number of hydrogen-bond acceptors (Lipinski definition) is 5. The molecular formula is C14H12N4S. The number of aromatic nitrogens is 2. The van der Waals surface area contributed by atoms with E-state index in [9.17, 15) is 0 Å². The predicted molar refractivity (Wildman–Crippen MR) is 77.4 cm³/mol. The van der Waals surface area contributed by atoms with Gasteiger partial charge in [-0.15, -0.1) is 0 Å². The Kier molecular flexibility index (Phi) is 4.54. The monoisotopic (exact) mass is 268 g/mol. The van der Waals surface area contributed by atoms with Gasteiger partial charge in [0.1, 0.15) is 17.5 Å². The molecule has 94 valence electrons. The van der Waals surface area contributed by atoms with Crippen LogP contribution in [0.15, 0.2) is 47.8 Å². The Morgan fingerprint density at radius 2 is 2.11 bits per heavy atom. The van der Waals surface area contributed by atoms with Crippen LogP contribution in [0.3, 0.4) is 0 Å². The smallest absolute Gasteiger partial charge is 0.189 e. The lowest BCUT2D eigenvalue weighted by atomic mass is 10.2. The predicted octanol–water partition coefficient (Wildman–Crippen LogP) is 2.74. The number of nitrogens with two attached hydrogens (primary N) is 1. The fourth-order valence-corrected chi connectivity index (χ4v) is 2.04. The molecule has 19 heavy (non-hydrogen) atoms. The molecule has 0 atom stereocenters. The fourth-order valence-electron chi connectivity index (χ4n) is 1.40. The summed E-state index contributed by atoms with van der Waals surface area (Å²) >= 11 is 1.47. The molecule has 1 aromatic carbocycles. The molecule has 4 nitrogen and oxygen atoms in total. The van der Waals surface area contributed by atoms with Crippen molar-refractivity contribution in [3.05, 3.63) is 53.7 Å². The van der Waals surface area contributed by atoms with Crippen LogP contribution in [0.4, 0.5) is 5.82 Å². The van der Waals surface area contributed by atoms with E-state index < -0.39 is 0 Å². The summed E-state index contributed by atoms with van der Waals surface area (Å²) in [4.78, 5) is 8.13. The lowest BCUT2D eigenvalue weighted by Crippen LogP contribution is -1.98. The average Bonchev–Trinajstić information content (AvgIpc) is 2.45. The normalized spacial score (nSPS) is 10.5. The zero-order chi connectivity index (χ0) is 13.5. The minimum Gasteiger partial charge on any atom is -0.382 e. The second-order valence-corrected chi connectivity index (χ2v) is 4.67. The molecule has 1 aromatic heterocycles. The Labute approximate surface area is 116 Å². The van der Waals surface area contributed by atoms with Crippen molar-refractivity contribution in [3.8, 4) is 6.07 Å². The number of nitrogen functional groups attached to an aromatic ring is 1. The first-order valence-corrected chi connectivity index (χ1v) is 6.65. The maximum absolute atomic E-state index is 8.72. The van der Waals surface area contributed by atoms with E-state index in [-0.39, 0.29) is 5.82 Å². The van der Waals surface area contributed by atoms with Gasteiger partial charge in [0.05, 0.1) is 6.20 Å². The Hall–Kier alpha value is -2.32. The topological polar surface area (TPSA) is 75.6 Å². The Balaban J connectivity index is 1.91. The van der Waals surface area contributed by atoms with Crippen LogP contribution < -0.4 is 5.73 Å². The average molecular weight is 268 g/mol. The summed E-state index contributed by atoms with van der Waals surface area (Å²) in [5.41, 5.74) is 7.09. The van der Waals surface area contributed by atoms with Crippen molar-refractivity contribution in [2.75, 3.05) is 11.5 Å². The van der Waals surface area contributed by atoms with Gasteiger partial charge < -0.3 is 5.73 Å². The zero-order valence-corrected chi connectivity index (χ0v) is 11.0. The largest absolute Gasteiger partial charge is 0.382 e. The van der Waals surface area contributed by atoms with E-state index in [1.54, 1.807) is 0 Å². The highest BCUT2D eigenvalue weighted by Gasteiger charge is 2.02. The molecule has 1 heterocycles. The van der Waals surface area contributed by atoms with Crippen LogP contribution in [0.2, 0.25) is 0 Å². The van der Waals surface area contributed by atoms with Crippen LogP contribution in [0.25, 0.3) is 6.08 Å². The van der Waals surface area contributed by atoms with Gasteiger partial charge in [-0.2, -0.15) is 5.26 Å². The highest BCUT2D eigenvalue weighted by atomic mass is 32.2. The highest BCUT2D eigenvalue weighted by Crippen LogP contribution is 2.16. The van der Waals surface area contributed by atoms with E-state index in [4.69, 9.17) is 11.0 Å². The fraction of sp³-hybridized carbons (Fsp3) is 0.0714. The van der Waals surface area contributed by atoms with Crippen LogP contribution in [-0.4, -0.2) is 15.7 Å². The van der Waals surface area contributed by atoms with Gasteiger partial charge in [-0.05, 0) is 5.56 Å². The molecule has 2 aromatic rings. The minimum atomic E-state index is 0.229. The first-order valence-electron chi connectivity index (χ1n) is 5.66. The maximum atomic E-state index is 8.72. The molecule has 5 heteroatoms. The first-order chi connectivity index (χ1) is 9.29. The lowest BCUT2D eigenvalue weighted by Gasteiger charge is -1.99. The highest BCUT2D eigenvalue weighted by molar-refractivity contribution is 7.99. The van der Waals surface area contributed by atoms with E-state index in [0.29, 0.717) is 10.7 Å². The number of benzene rings is 1. The lowest BCUT2D eigenvalue weighted by molar-refractivity contribution is 0.971. The van der Waals surface area contributed by atoms with Crippen molar-refractivity contribution in [2.45, 2.75) is 5.16 Å². The molecular weight excluding hydrogens is 256 g/mol. The van der Waals surface area contributed by atoms with Crippen LogP contribution in [0.1, 0.15) is 11.1 Å². The second-order valence-electron chi connectivity index (χ2n) is 3.69. The molecule has 0 saturated carbocycles. The minimum absolute atomic E-state index is 0.229. The van der Waals surface area contributed by atoms with Gasteiger partial charge in [0.2, 0.25) is 0 Å². The number of nitriles is 1. The standard InChI is InChI=1S/C14H12N4S/c15-9-12-10-17-14(18-13(12)16)19-8-4-7-11-5-2-1-3-6-11/h1-7,10H,8H2,(H2,16,17,18)/b7-4+. The second kappa shape index (κ2) is 6.57. The van der Waals surface area contributed by atoms with Crippen LogP contribution in [0, 0.1) is 11.3 Å². The SMILES string of the molecule is N#Cc1cnc(SC/C=C/c2ccccc2)nc1N. The number of anilines is 1. The van der Waals surface area contributed by atoms with Gasteiger partial charge in [0, 0.05) is 5.75 Å². The third-order valence-electron chi connectivity index (χ3n) is 2.34. The summed E-state index contributed by atoms with van der Waals surface area (Å²) in [7, 11) is 0. The Bertz CT molecular complexity index is 617. The summed E-state index contributed by atoms with van der Waals surface area (Å²) in [5.74, 6) is 0.979. The molecule has 0 aliphatic carbocycles. The van der Waals surface area contributed by atoms with Crippen molar-refractivity contribution >= 4 is 23.7 Å². The molecule has 0 bridgehead atoms. The maximum Gasteiger partial charge on any atom is 0.189 e. The molecule has 2 rings (SSSR count). The van der Waals surface area contributed by atoms with Crippen LogP contribution in [-0.2, 0) is 0 Å². The van der Waals surface area contributed by atoms with Crippen molar-refractivity contribution in [3.63, 3.8) is 0 Å². The van der Waals surface area contributed by atoms with Crippen molar-refractivity contribution < 1.29 is 0 Å². The van der Waals surface area contributed by atoms with Crippen LogP contribution >= 0.6 is 11.8 Å². The molecule has 0 fully saturated rings. The summed E-state index contributed by atoms with van der Waals surface area (Å²) in [6.07, 6.45) is 5.53. The summed E-state index contributed by atoms with van der Waals surface area (Å²) in [6.45, 7) is 0. The molecule has 0 radical (unpaired) electrons. The van der Waals surface area contributed by atoms with Gasteiger partial charge in [-0.25, -0.2) is 9.97 Å². The molecule has 0 amide bonds.